The molecule has 0 aromatic rings. The van der Waals surface area contributed by atoms with Gasteiger partial charge in [0.2, 0.25) is 0 Å². The maximum Gasteiger partial charge on any atom is 0.146 e. The maximum absolute atomic E-state index is 10.7. The van der Waals surface area contributed by atoms with Crippen molar-refractivity contribution in [3.63, 3.8) is 0 Å². The van der Waals surface area contributed by atoms with Crippen LogP contribution in [0.1, 0.15) is 19.8 Å². The van der Waals surface area contributed by atoms with Crippen LogP contribution < -0.4 is 5.31 Å². The van der Waals surface area contributed by atoms with Crippen molar-refractivity contribution in [1.82, 2.24) is 5.31 Å². The molecule has 2 nitrogen and oxygen atoms in total. The third-order valence-corrected chi connectivity index (χ3v) is 1.45. The number of Topliss-reactive ketones (excluding diaryl/α,β-unsaturated/α-hetero) is 1. The molecule has 1 N–H and O–H groups in total. The molecule has 0 amide bonds. The minimum atomic E-state index is -0.106. The molecule has 0 bridgehead atoms. The molecule has 1 heterocycles. The van der Waals surface area contributed by atoms with Crippen molar-refractivity contribution in [1.29, 1.82) is 0 Å². The van der Waals surface area contributed by atoms with Crippen molar-refractivity contribution < 1.29 is 6.21 Å². The quantitative estimate of drug-likeness (QED) is 0.532. The molecule has 46 valence electrons. The fraction of sp³-hybridized carbons (Fsp3) is 0.833. The molecule has 1 fully saturated rings. The van der Waals surface area contributed by atoms with Gasteiger partial charge in [0.15, 0.2) is 0 Å². The van der Waals surface area contributed by atoms with Gasteiger partial charge in [0.25, 0.3) is 0 Å². The number of hydrogen-bond donors (Lipinski definition) is 1. The van der Waals surface area contributed by atoms with Crippen molar-refractivity contribution in [2.24, 2.45) is 0 Å². The summed E-state index contributed by atoms with van der Waals surface area (Å²) in [4.78, 5) is 10.7. The summed E-state index contributed by atoms with van der Waals surface area (Å²) in [7, 11) is 0. The van der Waals surface area contributed by atoms with Gasteiger partial charge in [-0.3, -0.25) is 4.79 Å². The topological polar surface area (TPSA) is 29.1 Å². The molecule has 0 aliphatic carbocycles. The van der Waals surface area contributed by atoms with Crippen LogP contribution in [0.4, 0.5) is 0 Å². The van der Waals surface area contributed by atoms with E-state index in [-0.39, 0.29) is 11.8 Å². The SMILES string of the molecule is [2H]N1CCC[C@H]1C(C)=O. The summed E-state index contributed by atoms with van der Waals surface area (Å²) in [6.45, 7) is 2.31. The van der Waals surface area contributed by atoms with E-state index >= 15 is 0 Å². The zero-order valence-electron chi connectivity index (χ0n) is 6.05. The predicted molar refractivity (Wildman–Crippen MR) is 31.7 cm³/mol. The average Bonchev–Trinajstić information content (AvgIpc) is 2.13. The molecular formula is C6H11NO. The highest BCUT2D eigenvalue weighted by Gasteiger charge is 2.17. The number of carbonyl (C=O) groups excluding carboxylic acids is 1. The van der Waals surface area contributed by atoms with Gasteiger partial charge in [-0.05, 0) is 26.3 Å². The van der Waals surface area contributed by atoms with E-state index in [0.29, 0.717) is 0 Å². The van der Waals surface area contributed by atoms with Crippen LogP contribution in [0.15, 0.2) is 0 Å². The fourth-order valence-corrected chi connectivity index (χ4v) is 0.955. The van der Waals surface area contributed by atoms with E-state index in [1.54, 1.807) is 6.92 Å². The first-order chi connectivity index (χ1) is 4.22. The first-order valence-corrected chi connectivity index (χ1v) is 2.98. The van der Waals surface area contributed by atoms with E-state index in [9.17, 15) is 4.79 Å². The van der Waals surface area contributed by atoms with Gasteiger partial charge in [-0.15, -0.1) is 0 Å². The lowest BCUT2D eigenvalue weighted by atomic mass is 10.2. The lowest BCUT2D eigenvalue weighted by Gasteiger charge is -2.01. The molecule has 0 spiro atoms. The van der Waals surface area contributed by atoms with Crippen molar-refractivity contribution in [3.05, 3.63) is 0 Å². The van der Waals surface area contributed by atoms with E-state index in [1.165, 1.54) is 5.31 Å². The Morgan fingerprint density at radius 2 is 2.75 bits per heavy atom. The van der Waals surface area contributed by atoms with Crippen LogP contribution >= 0.6 is 0 Å². The number of nitrogens with one attached hydrogen (secondary N) is 1. The number of rotatable bonds is 1. The normalized spacial score (nSPS) is 32.6. The smallest absolute Gasteiger partial charge is 0.146 e. The summed E-state index contributed by atoms with van der Waals surface area (Å²) in [5.74, 6) is 0.127. The molecule has 1 aliphatic rings. The van der Waals surface area contributed by atoms with Crippen LogP contribution in [0, 0.1) is 0 Å². The van der Waals surface area contributed by atoms with E-state index < -0.39 is 0 Å². The third-order valence-electron chi connectivity index (χ3n) is 1.45. The Balaban J connectivity index is 2.49. The lowest BCUT2D eigenvalue weighted by Crippen LogP contribution is -2.28. The van der Waals surface area contributed by atoms with E-state index in [4.69, 9.17) is 1.41 Å². The third kappa shape index (κ3) is 1.07. The first-order valence-electron chi connectivity index (χ1n) is 3.42. The second-order valence-corrected chi connectivity index (χ2v) is 2.17. The average molecular weight is 114 g/mol. The van der Waals surface area contributed by atoms with Crippen molar-refractivity contribution in [2.75, 3.05) is 6.54 Å². The van der Waals surface area contributed by atoms with Crippen molar-refractivity contribution in [3.8, 4) is 0 Å². The van der Waals surface area contributed by atoms with Crippen LogP contribution in [0.25, 0.3) is 0 Å². The Morgan fingerprint density at radius 3 is 3.00 bits per heavy atom. The fourth-order valence-electron chi connectivity index (χ4n) is 0.955. The Labute approximate surface area is 50.7 Å². The standard InChI is InChI=1S/C6H11NO/c1-5(8)6-3-2-4-7-6/h6-7H,2-4H2,1H3/t6-/m0/s1/i/hD. The summed E-state index contributed by atoms with van der Waals surface area (Å²) < 4.78 is 7.23. The molecule has 1 saturated heterocycles. The summed E-state index contributed by atoms with van der Waals surface area (Å²) in [5.41, 5.74) is 0. The molecule has 1 rings (SSSR count). The van der Waals surface area contributed by atoms with Crippen LogP contribution in [0.3, 0.4) is 0 Å². The van der Waals surface area contributed by atoms with E-state index in [1.807, 2.05) is 0 Å². The summed E-state index contributed by atoms with van der Waals surface area (Å²) in [6.07, 6.45) is 1.87. The van der Waals surface area contributed by atoms with Gasteiger partial charge in [-0.2, -0.15) is 0 Å². The molecular weight excluding hydrogens is 102 g/mol. The largest absolute Gasteiger partial charge is 0.307 e. The van der Waals surface area contributed by atoms with Gasteiger partial charge in [0.1, 0.15) is 7.20 Å². The lowest BCUT2D eigenvalue weighted by molar-refractivity contribution is -0.118. The van der Waals surface area contributed by atoms with Crippen LogP contribution in [-0.2, 0) is 4.79 Å². The Hall–Kier alpha value is -0.370. The van der Waals surface area contributed by atoms with Gasteiger partial charge in [0.05, 0.1) is 6.04 Å². The highest BCUT2D eigenvalue weighted by atomic mass is 16.1. The van der Waals surface area contributed by atoms with Gasteiger partial charge in [0, 0.05) is 0 Å². The van der Waals surface area contributed by atoms with Crippen LogP contribution in [0.2, 0.25) is 1.41 Å². The van der Waals surface area contributed by atoms with Crippen molar-refractivity contribution in [2.45, 2.75) is 25.8 Å². The summed E-state index contributed by atoms with van der Waals surface area (Å²) in [6, 6.07) is -0.106. The molecule has 8 heavy (non-hydrogen) atoms. The minimum absolute atomic E-state index is 0.106. The van der Waals surface area contributed by atoms with E-state index in [0.717, 1.165) is 19.4 Å². The molecule has 0 aromatic carbocycles. The molecule has 1 aliphatic heterocycles. The van der Waals surface area contributed by atoms with Gasteiger partial charge >= 0.3 is 0 Å². The molecule has 0 aromatic heterocycles. The second-order valence-electron chi connectivity index (χ2n) is 2.17. The van der Waals surface area contributed by atoms with Crippen LogP contribution in [0.5, 0.6) is 0 Å². The Morgan fingerprint density at radius 1 is 2.00 bits per heavy atom. The van der Waals surface area contributed by atoms with Crippen LogP contribution in [-0.4, -0.2) is 18.4 Å². The predicted octanol–water partition coefficient (Wildman–Crippen LogP) is 0.327. The monoisotopic (exact) mass is 114 g/mol. The van der Waals surface area contributed by atoms with Gasteiger partial charge < -0.3 is 5.31 Å². The Kier molecular flexibility index (Phi) is 1.28. The van der Waals surface area contributed by atoms with Gasteiger partial charge in [-0.25, -0.2) is 0 Å². The second kappa shape index (κ2) is 2.27. The number of carbonyl (C=O) groups is 1. The highest BCUT2D eigenvalue weighted by molar-refractivity contribution is 5.81. The Bertz CT molecular complexity index is 126. The molecule has 0 saturated carbocycles. The maximum atomic E-state index is 10.7. The number of ketones is 1. The zero-order valence-corrected chi connectivity index (χ0v) is 5.05. The molecule has 2 heteroatoms. The minimum Gasteiger partial charge on any atom is -0.307 e. The molecule has 1 atom stereocenters. The molecule has 0 unspecified atom stereocenters. The van der Waals surface area contributed by atoms with Crippen molar-refractivity contribution >= 4 is 5.78 Å². The first kappa shape index (κ1) is 4.50. The molecule has 0 radical (unpaired) electrons. The zero-order chi connectivity index (χ0) is 6.85. The van der Waals surface area contributed by atoms with E-state index in [2.05, 4.69) is 0 Å². The van der Waals surface area contributed by atoms with Gasteiger partial charge in [-0.1, -0.05) is 0 Å². The number of hydrogen-bond acceptors (Lipinski definition) is 2. The summed E-state index contributed by atoms with van der Waals surface area (Å²) in [5, 5.41) is 1.38. The summed E-state index contributed by atoms with van der Waals surface area (Å²) >= 11 is 0. The highest BCUT2D eigenvalue weighted by Crippen LogP contribution is 2.04.